The van der Waals surface area contributed by atoms with Crippen LogP contribution < -0.4 is 10.5 Å². The average Bonchev–Trinajstić information content (AvgIpc) is 3.08. The summed E-state index contributed by atoms with van der Waals surface area (Å²) in [6.45, 7) is 2.34. The minimum absolute atomic E-state index is 0.133. The smallest absolute Gasteiger partial charge is 0.262 e. The first kappa shape index (κ1) is 19.8. The van der Waals surface area contributed by atoms with E-state index in [9.17, 15) is 10.1 Å². The van der Waals surface area contributed by atoms with Gasteiger partial charge >= 0.3 is 0 Å². The molecule has 3 aromatic rings. The Bertz CT molecular complexity index is 1280. The van der Waals surface area contributed by atoms with Gasteiger partial charge in [-0.25, -0.2) is 4.99 Å². The lowest BCUT2D eigenvalue weighted by Gasteiger charge is -2.37. The average molecular weight is 422 g/mol. The van der Waals surface area contributed by atoms with E-state index in [1.165, 1.54) is 4.90 Å². The van der Waals surface area contributed by atoms with Crippen LogP contribution in [0, 0.1) is 11.3 Å². The molecule has 2 heterocycles. The van der Waals surface area contributed by atoms with Gasteiger partial charge < -0.3 is 10.5 Å². The number of guanidine groups is 1. The number of aliphatic imine (C=N–C) groups is 1. The Morgan fingerprint density at radius 2 is 1.91 bits per heavy atom. The number of hydrogen-bond donors (Lipinski definition) is 1. The van der Waals surface area contributed by atoms with Crippen LogP contribution in [-0.4, -0.2) is 23.3 Å². The predicted molar refractivity (Wildman–Crippen MR) is 122 cm³/mol. The Kier molecular flexibility index (Phi) is 4.67. The van der Waals surface area contributed by atoms with E-state index in [0.717, 1.165) is 16.7 Å². The summed E-state index contributed by atoms with van der Waals surface area (Å²) in [5.74, 6) is 0.716. The number of nitriles is 1. The van der Waals surface area contributed by atoms with Gasteiger partial charge in [0.2, 0.25) is 0 Å². The Morgan fingerprint density at radius 3 is 2.62 bits per heavy atom. The molecule has 0 fully saturated rings. The molecule has 6 nitrogen and oxygen atoms in total. The van der Waals surface area contributed by atoms with Crippen molar-refractivity contribution in [2.45, 2.75) is 25.0 Å². The van der Waals surface area contributed by atoms with E-state index in [4.69, 9.17) is 15.5 Å². The molecule has 2 unspecified atom stereocenters. The van der Waals surface area contributed by atoms with Crippen LogP contribution in [0.5, 0.6) is 5.75 Å². The minimum Gasteiger partial charge on any atom is -0.485 e. The number of rotatable bonds is 3. The van der Waals surface area contributed by atoms with Crippen LogP contribution in [0.2, 0.25) is 0 Å². The number of hydrogen-bond acceptors (Lipinski definition) is 5. The number of benzene rings is 3. The second-order valence-corrected chi connectivity index (χ2v) is 8.00. The van der Waals surface area contributed by atoms with Crippen molar-refractivity contribution in [3.8, 4) is 22.9 Å². The predicted octanol–water partition coefficient (Wildman–Crippen LogP) is 4.12. The van der Waals surface area contributed by atoms with Crippen LogP contribution in [0.1, 0.15) is 36.1 Å². The summed E-state index contributed by atoms with van der Waals surface area (Å²) in [6, 6.07) is 25.2. The van der Waals surface area contributed by atoms with Crippen LogP contribution in [-0.2, 0) is 10.3 Å². The first-order valence-corrected chi connectivity index (χ1v) is 10.6. The topological polar surface area (TPSA) is 91.7 Å². The lowest BCUT2D eigenvalue weighted by Crippen LogP contribution is -2.45. The van der Waals surface area contributed by atoms with Gasteiger partial charge in [0.15, 0.2) is 11.5 Å². The molecule has 2 atom stereocenters. The first-order valence-electron chi connectivity index (χ1n) is 10.6. The zero-order valence-corrected chi connectivity index (χ0v) is 17.7. The molecule has 0 aromatic heterocycles. The molecule has 0 bridgehead atoms. The molecule has 1 amide bonds. The van der Waals surface area contributed by atoms with Gasteiger partial charge in [0.05, 0.1) is 11.6 Å². The highest BCUT2D eigenvalue weighted by Crippen LogP contribution is 2.50. The molecular weight excluding hydrogens is 400 g/mol. The summed E-state index contributed by atoms with van der Waals surface area (Å²) >= 11 is 0. The van der Waals surface area contributed by atoms with Gasteiger partial charge in [-0.05, 0) is 47.9 Å². The van der Waals surface area contributed by atoms with E-state index >= 15 is 0 Å². The number of carbonyl (C=O) groups excluding carboxylic acids is 1. The fourth-order valence-corrected chi connectivity index (χ4v) is 4.58. The number of amides is 1. The Morgan fingerprint density at radius 1 is 1.12 bits per heavy atom. The molecule has 0 radical (unpaired) electrons. The van der Waals surface area contributed by atoms with Crippen molar-refractivity contribution < 1.29 is 9.53 Å². The highest BCUT2D eigenvalue weighted by Gasteiger charge is 2.54. The highest BCUT2D eigenvalue weighted by atomic mass is 16.5. The van der Waals surface area contributed by atoms with Crippen molar-refractivity contribution in [1.82, 2.24) is 4.90 Å². The second-order valence-electron chi connectivity index (χ2n) is 8.00. The third kappa shape index (κ3) is 3.02. The first-order chi connectivity index (χ1) is 15.6. The summed E-state index contributed by atoms with van der Waals surface area (Å²) in [6.07, 6.45) is 0.0376. The molecule has 158 valence electrons. The third-order valence-corrected chi connectivity index (χ3v) is 6.17. The number of fused-ring (bicyclic) bond motifs is 2. The number of nitrogens with two attached hydrogens (primary N) is 1. The third-order valence-electron chi connectivity index (χ3n) is 6.17. The summed E-state index contributed by atoms with van der Waals surface area (Å²) in [4.78, 5) is 19.9. The van der Waals surface area contributed by atoms with Gasteiger partial charge in [0.25, 0.3) is 5.91 Å². The summed E-state index contributed by atoms with van der Waals surface area (Å²) in [5, 5.41) is 9.27. The number of nitrogens with zero attached hydrogens (tertiary/aromatic N) is 3. The fourth-order valence-electron chi connectivity index (χ4n) is 4.58. The van der Waals surface area contributed by atoms with E-state index in [-0.39, 0.29) is 18.0 Å². The molecule has 2 aliphatic heterocycles. The highest BCUT2D eigenvalue weighted by molar-refractivity contribution is 6.07. The van der Waals surface area contributed by atoms with E-state index in [2.05, 4.69) is 6.07 Å². The Labute approximate surface area is 186 Å². The van der Waals surface area contributed by atoms with E-state index in [1.54, 1.807) is 6.07 Å². The standard InChI is InChI=1S/C26H22N4O2/c1-2-30-24(31)26(29-25(30)28)15-23(18-8-4-3-5-9-18)32-22-12-11-20(14-21(22)26)19-10-6-7-17(13-19)16-27/h3-14,23H,2,15H2,1H3,(H2,28,29). The van der Waals surface area contributed by atoms with E-state index in [1.807, 2.05) is 73.7 Å². The van der Waals surface area contributed by atoms with Gasteiger partial charge in [0.1, 0.15) is 11.9 Å². The van der Waals surface area contributed by atoms with Gasteiger partial charge in [-0.15, -0.1) is 0 Å². The quantitative estimate of drug-likeness (QED) is 0.687. The zero-order valence-electron chi connectivity index (χ0n) is 17.7. The number of likely N-dealkylation sites (N-methyl/N-ethyl adjacent to an activating group) is 1. The van der Waals surface area contributed by atoms with Gasteiger partial charge in [-0.1, -0.05) is 48.5 Å². The maximum atomic E-state index is 13.6. The maximum absolute atomic E-state index is 13.6. The van der Waals surface area contributed by atoms with Crippen molar-refractivity contribution in [3.63, 3.8) is 0 Å². The fraction of sp³-hybridized carbons (Fsp3) is 0.192. The molecule has 0 saturated carbocycles. The van der Waals surface area contributed by atoms with Crippen LogP contribution >= 0.6 is 0 Å². The molecule has 32 heavy (non-hydrogen) atoms. The molecule has 1 spiro atoms. The molecule has 6 heteroatoms. The van der Waals surface area contributed by atoms with E-state index in [0.29, 0.717) is 29.8 Å². The largest absolute Gasteiger partial charge is 0.485 e. The normalized spacial score (nSPS) is 21.6. The SMILES string of the molecule is CCN1C(=O)C2(CC(c3ccccc3)Oc3ccc(-c4cccc(C#N)c4)cc32)N=C1N. The Balaban J connectivity index is 1.68. The Hall–Kier alpha value is -4.11. The molecule has 0 aliphatic carbocycles. The van der Waals surface area contributed by atoms with Gasteiger partial charge in [-0.3, -0.25) is 9.69 Å². The van der Waals surface area contributed by atoms with Crippen LogP contribution in [0.4, 0.5) is 0 Å². The number of carbonyl (C=O) groups is 1. The molecule has 5 rings (SSSR count). The lowest BCUT2D eigenvalue weighted by atomic mass is 9.79. The monoisotopic (exact) mass is 422 g/mol. The molecule has 0 saturated heterocycles. The minimum atomic E-state index is -1.14. The van der Waals surface area contributed by atoms with Crippen molar-refractivity contribution >= 4 is 11.9 Å². The van der Waals surface area contributed by atoms with Crippen molar-refractivity contribution in [2.24, 2.45) is 10.7 Å². The molecule has 2 N–H and O–H groups in total. The molecular formula is C26H22N4O2. The van der Waals surface area contributed by atoms with Crippen LogP contribution in [0.15, 0.2) is 77.8 Å². The molecule has 2 aliphatic rings. The summed E-state index contributed by atoms with van der Waals surface area (Å²) < 4.78 is 6.36. The van der Waals surface area contributed by atoms with Gasteiger partial charge in [-0.2, -0.15) is 5.26 Å². The van der Waals surface area contributed by atoms with Gasteiger partial charge in [0, 0.05) is 18.5 Å². The zero-order chi connectivity index (χ0) is 22.3. The second kappa shape index (κ2) is 7.54. The van der Waals surface area contributed by atoms with Crippen molar-refractivity contribution in [1.29, 1.82) is 5.26 Å². The maximum Gasteiger partial charge on any atom is 0.262 e. The van der Waals surface area contributed by atoms with Crippen molar-refractivity contribution in [2.75, 3.05) is 6.54 Å². The molecule has 3 aromatic carbocycles. The lowest BCUT2D eigenvalue weighted by molar-refractivity contribution is -0.133. The van der Waals surface area contributed by atoms with Crippen molar-refractivity contribution in [3.05, 3.63) is 89.5 Å². The van der Waals surface area contributed by atoms with E-state index < -0.39 is 5.54 Å². The van der Waals surface area contributed by atoms with Crippen LogP contribution in [0.25, 0.3) is 11.1 Å². The van der Waals surface area contributed by atoms with Crippen LogP contribution in [0.3, 0.4) is 0 Å². The summed E-state index contributed by atoms with van der Waals surface area (Å²) in [7, 11) is 0. The summed E-state index contributed by atoms with van der Waals surface area (Å²) in [5.41, 5.74) is 9.09. The number of ether oxygens (including phenoxy) is 1.